The van der Waals surface area contributed by atoms with E-state index in [2.05, 4.69) is 22.3 Å². The van der Waals surface area contributed by atoms with Gasteiger partial charge in [0.2, 0.25) is 0 Å². The number of ether oxygens (including phenoxy) is 1. The first-order valence-electron chi connectivity index (χ1n) is 10.6. The van der Waals surface area contributed by atoms with Crippen LogP contribution in [0.1, 0.15) is 49.8 Å². The van der Waals surface area contributed by atoms with E-state index in [1.807, 2.05) is 36.4 Å². The predicted molar refractivity (Wildman–Crippen MR) is 113 cm³/mol. The Morgan fingerprint density at radius 1 is 1.13 bits per heavy atom. The maximum atomic E-state index is 13.1. The number of carbonyl (C=O) groups is 1. The highest BCUT2D eigenvalue weighted by Gasteiger charge is 2.33. The first kappa shape index (κ1) is 20.6. The maximum absolute atomic E-state index is 13.1. The van der Waals surface area contributed by atoms with Gasteiger partial charge >= 0.3 is 5.92 Å². The van der Waals surface area contributed by atoms with Gasteiger partial charge in [0.1, 0.15) is 5.75 Å². The summed E-state index contributed by atoms with van der Waals surface area (Å²) in [5, 5.41) is 2.36. The molecule has 1 heterocycles. The molecule has 2 aromatic rings. The molecular formula is C24H28F2N2O2. The second-order valence-corrected chi connectivity index (χ2v) is 8.60. The summed E-state index contributed by atoms with van der Waals surface area (Å²) in [4.78, 5) is 13.8. The van der Waals surface area contributed by atoms with E-state index in [1.165, 1.54) is 24.1 Å². The second kappa shape index (κ2) is 8.25. The number of rotatable bonds is 8. The quantitative estimate of drug-likeness (QED) is 0.667. The van der Waals surface area contributed by atoms with Crippen molar-refractivity contribution in [1.29, 1.82) is 0 Å². The lowest BCUT2D eigenvalue weighted by molar-refractivity contribution is -0.143. The Balaban J connectivity index is 1.27. The summed E-state index contributed by atoms with van der Waals surface area (Å²) in [7, 11) is 0. The van der Waals surface area contributed by atoms with E-state index in [0.717, 1.165) is 36.9 Å². The molecule has 1 saturated carbocycles. The monoisotopic (exact) mass is 414 g/mol. The van der Waals surface area contributed by atoms with Crippen molar-refractivity contribution >= 4 is 11.6 Å². The van der Waals surface area contributed by atoms with E-state index in [-0.39, 0.29) is 0 Å². The summed E-state index contributed by atoms with van der Waals surface area (Å²) >= 11 is 0. The Morgan fingerprint density at radius 3 is 2.33 bits per heavy atom. The van der Waals surface area contributed by atoms with Crippen LogP contribution in [-0.4, -0.2) is 31.5 Å². The summed E-state index contributed by atoms with van der Waals surface area (Å²) in [5.74, 6) is -2.50. The molecule has 2 fully saturated rings. The van der Waals surface area contributed by atoms with Crippen LogP contribution in [0.4, 0.5) is 14.5 Å². The Kier molecular flexibility index (Phi) is 5.67. The highest BCUT2D eigenvalue weighted by atomic mass is 19.3. The van der Waals surface area contributed by atoms with E-state index in [1.54, 1.807) is 6.92 Å². The van der Waals surface area contributed by atoms with Crippen LogP contribution in [-0.2, 0) is 4.79 Å². The molecule has 0 aromatic heterocycles. The molecule has 0 spiro atoms. The topological polar surface area (TPSA) is 41.6 Å². The largest absolute Gasteiger partial charge is 0.493 e. The average molecular weight is 414 g/mol. The van der Waals surface area contributed by atoms with Crippen molar-refractivity contribution < 1.29 is 18.3 Å². The number of benzene rings is 2. The molecule has 1 aliphatic carbocycles. The van der Waals surface area contributed by atoms with Gasteiger partial charge in [-0.15, -0.1) is 0 Å². The molecular weight excluding hydrogens is 386 g/mol. The van der Waals surface area contributed by atoms with Crippen molar-refractivity contribution in [3.05, 3.63) is 59.7 Å². The molecule has 0 bridgehead atoms. The highest BCUT2D eigenvalue weighted by Crippen LogP contribution is 2.34. The van der Waals surface area contributed by atoms with Gasteiger partial charge in [-0.25, -0.2) is 0 Å². The normalized spacial score (nSPS) is 17.9. The zero-order valence-electron chi connectivity index (χ0n) is 17.4. The SMILES string of the molecule is C[C@H](NC(=O)C(C)(F)F)c1ccc(C2CN(c3ccc(OCC4CC4)cc3)C2)cc1. The first-order valence-corrected chi connectivity index (χ1v) is 10.6. The van der Waals surface area contributed by atoms with E-state index >= 15 is 0 Å². The molecule has 0 unspecified atom stereocenters. The van der Waals surface area contributed by atoms with E-state index in [0.29, 0.717) is 12.8 Å². The molecule has 4 nitrogen and oxygen atoms in total. The molecule has 30 heavy (non-hydrogen) atoms. The second-order valence-electron chi connectivity index (χ2n) is 8.60. The number of nitrogens with zero attached hydrogens (tertiary/aromatic N) is 1. The first-order chi connectivity index (χ1) is 14.3. The minimum atomic E-state index is -3.37. The number of hydrogen-bond acceptors (Lipinski definition) is 3. The minimum absolute atomic E-state index is 0.440. The van der Waals surface area contributed by atoms with Crippen LogP contribution in [0, 0.1) is 5.92 Å². The fourth-order valence-electron chi connectivity index (χ4n) is 3.62. The van der Waals surface area contributed by atoms with Gasteiger partial charge < -0.3 is 15.0 Å². The summed E-state index contributed by atoms with van der Waals surface area (Å²) in [6.45, 7) is 5.02. The molecule has 4 rings (SSSR count). The van der Waals surface area contributed by atoms with Crippen molar-refractivity contribution in [2.24, 2.45) is 5.92 Å². The fourth-order valence-corrected chi connectivity index (χ4v) is 3.62. The van der Waals surface area contributed by atoms with Gasteiger partial charge in [0.05, 0.1) is 12.6 Å². The van der Waals surface area contributed by atoms with Crippen molar-refractivity contribution in [2.75, 3.05) is 24.6 Å². The smallest absolute Gasteiger partial charge is 0.321 e. The van der Waals surface area contributed by atoms with Crippen molar-refractivity contribution in [3.8, 4) is 5.75 Å². The number of amides is 1. The average Bonchev–Trinajstić information content (AvgIpc) is 3.50. The number of hydrogen-bond donors (Lipinski definition) is 1. The van der Waals surface area contributed by atoms with Crippen LogP contribution in [0.15, 0.2) is 48.5 Å². The number of halogens is 2. The number of anilines is 1. The van der Waals surface area contributed by atoms with Gasteiger partial charge in [0.15, 0.2) is 0 Å². The fraction of sp³-hybridized carbons (Fsp3) is 0.458. The van der Waals surface area contributed by atoms with Crippen molar-refractivity contribution in [3.63, 3.8) is 0 Å². The van der Waals surface area contributed by atoms with Crippen LogP contribution in [0.3, 0.4) is 0 Å². The summed E-state index contributed by atoms with van der Waals surface area (Å²) in [6, 6.07) is 15.7. The molecule has 1 amide bonds. The van der Waals surface area contributed by atoms with Crippen molar-refractivity contribution in [1.82, 2.24) is 5.32 Å². The number of alkyl halides is 2. The minimum Gasteiger partial charge on any atom is -0.493 e. The van der Waals surface area contributed by atoms with Crippen molar-refractivity contribution in [2.45, 2.75) is 44.6 Å². The predicted octanol–water partition coefficient (Wildman–Crippen LogP) is 4.91. The third-order valence-electron chi connectivity index (χ3n) is 5.92. The molecule has 2 aromatic carbocycles. The van der Waals surface area contributed by atoms with Gasteiger partial charge in [0, 0.05) is 31.6 Å². The van der Waals surface area contributed by atoms with Gasteiger partial charge in [-0.3, -0.25) is 4.79 Å². The third kappa shape index (κ3) is 4.91. The molecule has 160 valence electrons. The van der Waals surface area contributed by atoms with Crippen LogP contribution in [0.2, 0.25) is 0 Å². The summed E-state index contributed by atoms with van der Waals surface area (Å²) in [6.07, 6.45) is 2.58. The van der Waals surface area contributed by atoms with E-state index < -0.39 is 17.9 Å². The van der Waals surface area contributed by atoms with Gasteiger partial charge in [-0.1, -0.05) is 24.3 Å². The standard InChI is InChI=1S/C24H28F2N2O2/c1-16(27-23(29)24(2,25)26)18-5-7-19(8-6-18)20-13-28(14-20)21-9-11-22(12-10-21)30-15-17-3-4-17/h5-12,16-17,20H,3-4,13-15H2,1-2H3,(H,27,29)/t16-/m0/s1. The Morgan fingerprint density at radius 2 is 1.77 bits per heavy atom. The lowest BCUT2D eigenvalue weighted by Gasteiger charge is -2.41. The van der Waals surface area contributed by atoms with Gasteiger partial charge in [0.25, 0.3) is 5.91 Å². The van der Waals surface area contributed by atoms with Crippen LogP contribution >= 0.6 is 0 Å². The lowest BCUT2D eigenvalue weighted by atomic mass is 9.90. The Hall–Kier alpha value is -2.63. The van der Waals surface area contributed by atoms with Crippen LogP contribution in [0.25, 0.3) is 0 Å². The zero-order valence-corrected chi connectivity index (χ0v) is 17.4. The Labute approximate surface area is 176 Å². The molecule has 1 saturated heterocycles. The molecule has 1 atom stereocenters. The van der Waals surface area contributed by atoms with E-state index in [4.69, 9.17) is 4.74 Å². The molecule has 1 aliphatic heterocycles. The van der Waals surface area contributed by atoms with Crippen LogP contribution < -0.4 is 15.0 Å². The van der Waals surface area contributed by atoms with Gasteiger partial charge in [-0.2, -0.15) is 8.78 Å². The Bertz CT molecular complexity index is 868. The summed E-state index contributed by atoms with van der Waals surface area (Å²) < 4.78 is 31.9. The number of carbonyl (C=O) groups excluding carboxylic acids is 1. The molecule has 0 radical (unpaired) electrons. The third-order valence-corrected chi connectivity index (χ3v) is 5.92. The highest BCUT2D eigenvalue weighted by molar-refractivity contribution is 5.83. The molecule has 6 heteroatoms. The zero-order chi connectivity index (χ0) is 21.3. The molecule has 1 N–H and O–H groups in total. The van der Waals surface area contributed by atoms with E-state index in [9.17, 15) is 13.6 Å². The lowest BCUT2D eigenvalue weighted by Crippen LogP contribution is -2.45. The maximum Gasteiger partial charge on any atom is 0.321 e. The number of nitrogens with one attached hydrogen (secondary N) is 1. The molecule has 2 aliphatic rings. The van der Waals surface area contributed by atoms with Crippen LogP contribution in [0.5, 0.6) is 5.75 Å². The summed E-state index contributed by atoms with van der Waals surface area (Å²) in [5.41, 5.74) is 3.23. The van der Waals surface area contributed by atoms with Gasteiger partial charge in [-0.05, 0) is 61.1 Å².